The average Bonchev–Trinajstić information content (AvgIpc) is 2.50. The highest BCUT2D eigenvalue weighted by molar-refractivity contribution is 5.91. The lowest BCUT2D eigenvalue weighted by atomic mass is 10.1. The zero-order valence-corrected chi connectivity index (χ0v) is 11.5. The van der Waals surface area contributed by atoms with Gasteiger partial charge in [-0.1, -0.05) is 31.0 Å². The first-order chi connectivity index (χ1) is 9.85. The third-order valence-electron chi connectivity index (χ3n) is 3.23. The molecule has 20 heavy (non-hydrogen) atoms. The highest BCUT2D eigenvalue weighted by Gasteiger charge is 2.04. The molecule has 4 heteroatoms. The first-order valence-corrected chi connectivity index (χ1v) is 7.00. The lowest BCUT2D eigenvalue weighted by molar-refractivity contribution is 0.283. The largest absolute Gasteiger partial charge is 0.396 e. The zero-order valence-electron chi connectivity index (χ0n) is 11.5. The summed E-state index contributed by atoms with van der Waals surface area (Å²) in [5.74, 6) is 0. The van der Waals surface area contributed by atoms with Crippen LogP contribution in [0.5, 0.6) is 0 Å². The Kier molecular flexibility index (Phi) is 5.33. The van der Waals surface area contributed by atoms with Gasteiger partial charge in [-0.15, -0.1) is 0 Å². The maximum atomic E-state index is 9.03. The molecule has 0 unspecified atom stereocenters. The molecule has 0 aliphatic heterocycles. The van der Waals surface area contributed by atoms with Crippen LogP contribution in [-0.4, -0.2) is 23.2 Å². The van der Waals surface area contributed by atoms with Crippen LogP contribution in [0, 0.1) is 11.3 Å². The van der Waals surface area contributed by atoms with Crippen molar-refractivity contribution in [3.8, 4) is 6.07 Å². The molecule has 0 bridgehead atoms. The number of pyridine rings is 1. The molecule has 0 aliphatic carbocycles. The lowest BCUT2D eigenvalue weighted by Crippen LogP contribution is -2.03. The minimum Gasteiger partial charge on any atom is -0.396 e. The highest BCUT2D eigenvalue weighted by Crippen LogP contribution is 2.22. The molecule has 2 N–H and O–H groups in total. The Labute approximate surface area is 119 Å². The van der Waals surface area contributed by atoms with Crippen LogP contribution in [0.25, 0.3) is 10.9 Å². The molecular formula is C16H19N3O. The van der Waals surface area contributed by atoms with E-state index in [1.54, 1.807) is 6.07 Å². The molecule has 1 heterocycles. The molecular weight excluding hydrogens is 250 g/mol. The van der Waals surface area contributed by atoms with Gasteiger partial charge in [0, 0.05) is 24.2 Å². The van der Waals surface area contributed by atoms with Crippen molar-refractivity contribution in [1.29, 1.82) is 5.26 Å². The molecule has 0 radical (unpaired) electrons. The number of benzene rings is 1. The van der Waals surface area contributed by atoms with Gasteiger partial charge in [0.2, 0.25) is 0 Å². The molecule has 104 valence electrons. The summed E-state index contributed by atoms with van der Waals surface area (Å²) in [6.07, 6.45) is 4.08. The van der Waals surface area contributed by atoms with Gasteiger partial charge in [0.25, 0.3) is 0 Å². The molecule has 2 aromatic rings. The Morgan fingerprint density at radius 1 is 1.15 bits per heavy atom. The number of aromatic nitrogens is 1. The van der Waals surface area contributed by atoms with Crippen LogP contribution in [0.3, 0.4) is 0 Å². The van der Waals surface area contributed by atoms with Crippen LogP contribution in [-0.2, 0) is 0 Å². The van der Waals surface area contributed by atoms with Gasteiger partial charge in [-0.3, -0.25) is 0 Å². The number of aliphatic hydroxyl groups is 1. The number of nitrogens with one attached hydrogen (secondary N) is 1. The minimum atomic E-state index is 0.272. The van der Waals surface area contributed by atoms with E-state index < -0.39 is 0 Å². The second-order valence-corrected chi connectivity index (χ2v) is 4.75. The van der Waals surface area contributed by atoms with Crippen molar-refractivity contribution in [2.24, 2.45) is 0 Å². The summed E-state index contributed by atoms with van der Waals surface area (Å²) in [6.45, 7) is 1.14. The van der Waals surface area contributed by atoms with E-state index in [0.717, 1.165) is 48.8 Å². The molecule has 4 nitrogen and oxygen atoms in total. The van der Waals surface area contributed by atoms with E-state index in [4.69, 9.17) is 10.4 Å². The van der Waals surface area contributed by atoms with Crippen molar-refractivity contribution < 1.29 is 5.11 Å². The van der Waals surface area contributed by atoms with Gasteiger partial charge in [0.15, 0.2) is 0 Å². The number of anilines is 1. The monoisotopic (exact) mass is 269 g/mol. The first kappa shape index (κ1) is 14.3. The summed E-state index contributed by atoms with van der Waals surface area (Å²) in [4.78, 5) is 4.29. The fourth-order valence-corrected chi connectivity index (χ4v) is 2.19. The lowest BCUT2D eigenvalue weighted by Gasteiger charge is -2.10. The van der Waals surface area contributed by atoms with E-state index in [-0.39, 0.29) is 6.61 Å². The van der Waals surface area contributed by atoms with Gasteiger partial charge >= 0.3 is 0 Å². The number of rotatable bonds is 7. The van der Waals surface area contributed by atoms with Crippen molar-refractivity contribution in [2.45, 2.75) is 25.7 Å². The fraction of sp³-hybridized carbons (Fsp3) is 0.375. The van der Waals surface area contributed by atoms with Crippen molar-refractivity contribution >= 4 is 16.6 Å². The number of para-hydroxylation sites is 1. The van der Waals surface area contributed by atoms with Gasteiger partial charge < -0.3 is 10.4 Å². The number of aliphatic hydroxyl groups excluding tert-OH is 1. The van der Waals surface area contributed by atoms with Crippen LogP contribution in [0.15, 0.2) is 30.3 Å². The van der Waals surface area contributed by atoms with Crippen molar-refractivity contribution in [2.75, 3.05) is 18.5 Å². The number of unbranched alkanes of at least 4 members (excludes halogenated alkanes) is 3. The van der Waals surface area contributed by atoms with Crippen molar-refractivity contribution in [1.82, 2.24) is 4.98 Å². The van der Waals surface area contributed by atoms with Crippen LogP contribution in [0.1, 0.15) is 31.4 Å². The molecule has 0 atom stereocenters. The topological polar surface area (TPSA) is 68.9 Å². The summed E-state index contributed by atoms with van der Waals surface area (Å²) < 4.78 is 0. The van der Waals surface area contributed by atoms with E-state index in [0.29, 0.717) is 5.69 Å². The molecule has 2 rings (SSSR count). The number of hydrogen-bond acceptors (Lipinski definition) is 4. The standard InChI is InChI=1S/C16H19N3O/c17-12-13-11-16(18-9-5-1-2-6-10-20)14-7-3-4-8-15(14)19-13/h3-4,7-8,11,20H,1-2,5-6,9-10H2,(H,18,19). The highest BCUT2D eigenvalue weighted by atomic mass is 16.2. The van der Waals surface area contributed by atoms with Crippen LogP contribution >= 0.6 is 0 Å². The second-order valence-electron chi connectivity index (χ2n) is 4.75. The second kappa shape index (κ2) is 7.46. The van der Waals surface area contributed by atoms with Crippen molar-refractivity contribution in [3.63, 3.8) is 0 Å². The third-order valence-corrected chi connectivity index (χ3v) is 3.23. The third kappa shape index (κ3) is 3.69. The molecule has 0 fully saturated rings. The number of fused-ring (bicyclic) bond motifs is 1. The quantitative estimate of drug-likeness (QED) is 0.758. The Morgan fingerprint density at radius 3 is 2.75 bits per heavy atom. The SMILES string of the molecule is N#Cc1cc(NCCCCCCO)c2ccccc2n1. The maximum absolute atomic E-state index is 9.03. The molecule has 0 saturated heterocycles. The van der Waals surface area contributed by atoms with E-state index in [1.807, 2.05) is 24.3 Å². The van der Waals surface area contributed by atoms with E-state index >= 15 is 0 Å². The summed E-state index contributed by atoms with van der Waals surface area (Å²) in [5.41, 5.74) is 2.25. The predicted molar refractivity (Wildman–Crippen MR) is 80.5 cm³/mol. The summed E-state index contributed by atoms with van der Waals surface area (Å²) in [6, 6.07) is 11.7. The van der Waals surface area contributed by atoms with Gasteiger partial charge in [0.05, 0.1) is 5.52 Å². The Morgan fingerprint density at radius 2 is 1.95 bits per heavy atom. The summed E-state index contributed by atoms with van der Waals surface area (Å²) >= 11 is 0. The van der Waals surface area contributed by atoms with Crippen LogP contribution < -0.4 is 5.32 Å². The molecule has 1 aromatic heterocycles. The van der Waals surface area contributed by atoms with Gasteiger partial charge in [-0.25, -0.2) is 4.98 Å². The van der Waals surface area contributed by atoms with Crippen LogP contribution in [0.4, 0.5) is 5.69 Å². The average molecular weight is 269 g/mol. The van der Waals surface area contributed by atoms with Crippen molar-refractivity contribution in [3.05, 3.63) is 36.0 Å². The van der Waals surface area contributed by atoms with Crippen LogP contribution in [0.2, 0.25) is 0 Å². The fourth-order valence-electron chi connectivity index (χ4n) is 2.19. The predicted octanol–water partition coefficient (Wildman–Crippen LogP) is 3.07. The number of nitriles is 1. The molecule has 0 amide bonds. The van der Waals surface area contributed by atoms with Gasteiger partial charge in [-0.05, 0) is 25.0 Å². The Balaban J connectivity index is 2.03. The molecule has 1 aromatic carbocycles. The van der Waals surface area contributed by atoms with Gasteiger partial charge in [0.1, 0.15) is 11.8 Å². The smallest absolute Gasteiger partial charge is 0.143 e. The van der Waals surface area contributed by atoms with E-state index in [2.05, 4.69) is 16.4 Å². The summed E-state index contributed by atoms with van der Waals surface area (Å²) in [5, 5.41) is 22.2. The Bertz CT molecular complexity index is 604. The van der Waals surface area contributed by atoms with E-state index in [9.17, 15) is 0 Å². The maximum Gasteiger partial charge on any atom is 0.143 e. The summed E-state index contributed by atoms with van der Waals surface area (Å²) in [7, 11) is 0. The number of hydrogen-bond donors (Lipinski definition) is 2. The van der Waals surface area contributed by atoms with E-state index in [1.165, 1.54) is 0 Å². The Hall–Kier alpha value is -2.12. The normalized spacial score (nSPS) is 10.4. The molecule has 0 saturated carbocycles. The minimum absolute atomic E-state index is 0.272. The van der Waals surface area contributed by atoms with Gasteiger partial charge in [-0.2, -0.15) is 5.26 Å². The first-order valence-electron chi connectivity index (χ1n) is 7.00. The molecule has 0 spiro atoms. The molecule has 0 aliphatic rings. The zero-order chi connectivity index (χ0) is 14.2. The number of nitrogens with zero attached hydrogens (tertiary/aromatic N) is 2.